The van der Waals surface area contributed by atoms with Crippen LogP contribution in [0.2, 0.25) is 0 Å². The highest BCUT2D eigenvalue weighted by atomic mass is 15.0. The van der Waals surface area contributed by atoms with Crippen LogP contribution in [0.4, 0.5) is 5.82 Å². The van der Waals surface area contributed by atoms with Gasteiger partial charge in [0.2, 0.25) is 0 Å². The van der Waals surface area contributed by atoms with E-state index >= 15 is 0 Å². The van der Waals surface area contributed by atoms with Crippen molar-refractivity contribution in [1.29, 1.82) is 0 Å². The number of rotatable bonds is 7. The van der Waals surface area contributed by atoms with Crippen molar-refractivity contribution in [2.24, 2.45) is 5.73 Å². The van der Waals surface area contributed by atoms with Crippen LogP contribution in [0.5, 0.6) is 0 Å². The molecule has 0 aliphatic carbocycles. The molecule has 1 aromatic rings. The van der Waals surface area contributed by atoms with Crippen molar-refractivity contribution < 1.29 is 0 Å². The summed E-state index contributed by atoms with van der Waals surface area (Å²) in [4.78, 5) is 7.92. The molecule has 78 valence electrons. The van der Waals surface area contributed by atoms with Crippen molar-refractivity contribution in [2.75, 3.05) is 18.4 Å². The predicted octanol–water partition coefficient (Wildman–Crippen LogP) is 1.41. The molecule has 0 bridgehead atoms. The van der Waals surface area contributed by atoms with Crippen molar-refractivity contribution in [1.82, 2.24) is 9.97 Å². The first-order valence-electron chi connectivity index (χ1n) is 5.13. The van der Waals surface area contributed by atoms with E-state index < -0.39 is 0 Å². The molecule has 4 heteroatoms. The second-order valence-corrected chi connectivity index (χ2v) is 3.22. The maximum atomic E-state index is 5.40. The van der Waals surface area contributed by atoms with Crippen molar-refractivity contribution in [2.45, 2.75) is 25.7 Å². The lowest BCUT2D eigenvalue weighted by Crippen LogP contribution is -2.03. The van der Waals surface area contributed by atoms with E-state index in [0.717, 1.165) is 25.3 Å². The van der Waals surface area contributed by atoms with Crippen LogP contribution in [0.1, 0.15) is 25.7 Å². The van der Waals surface area contributed by atoms with Crippen molar-refractivity contribution >= 4 is 5.82 Å². The summed E-state index contributed by atoms with van der Waals surface area (Å²) in [6.07, 6.45) is 8.05. The molecule has 0 spiro atoms. The van der Waals surface area contributed by atoms with Gasteiger partial charge in [-0.05, 0) is 25.5 Å². The number of unbranched alkanes of at least 4 members (excludes halogenated alkanes) is 3. The van der Waals surface area contributed by atoms with Gasteiger partial charge in [-0.2, -0.15) is 0 Å². The van der Waals surface area contributed by atoms with E-state index in [1.54, 1.807) is 12.5 Å². The maximum Gasteiger partial charge on any atom is 0.129 e. The molecule has 0 saturated carbocycles. The summed E-state index contributed by atoms with van der Waals surface area (Å²) in [5.74, 6) is 0.902. The van der Waals surface area contributed by atoms with Gasteiger partial charge in [0.25, 0.3) is 0 Å². The number of nitrogens with zero attached hydrogens (tertiary/aromatic N) is 2. The SMILES string of the molecule is NCCCCCCNc1ccncn1. The van der Waals surface area contributed by atoms with E-state index in [9.17, 15) is 0 Å². The van der Waals surface area contributed by atoms with Crippen molar-refractivity contribution in [3.8, 4) is 0 Å². The van der Waals surface area contributed by atoms with E-state index in [0.29, 0.717) is 0 Å². The summed E-state index contributed by atoms with van der Waals surface area (Å²) in [6, 6.07) is 1.87. The average molecular weight is 194 g/mol. The minimum atomic E-state index is 0.805. The highest BCUT2D eigenvalue weighted by molar-refractivity contribution is 5.30. The number of hydrogen-bond donors (Lipinski definition) is 2. The lowest BCUT2D eigenvalue weighted by atomic mass is 10.2. The van der Waals surface area contributed by atoms with Crippen LogP contribution in [0.25, 0.3) is 0 Å². The van der Waals surface area contributed by atoms with E-state index in [-0.39, 0.29) is 0 Å². The quantitative estimate of drug-likeness (QED) is 0.644. The smallest absolute Gasteiger partial charge is 0.129 e. The summed E-state index contributed by atoms with van der Waals surface area (Å²) in [5, 5.41) is 3.24. The third-order valence-corrected chi connectivity index (χ3v) is 2.02. The Hall–Kier alpha value is -1.16. The van der Waals surface area contributed by atoms with E-state index in [1.165, 1.54) is 19.3 Å². The normalized spacial score (nSPS) is 10.1. The zero-order valence-corrected chi connectivity index (χ0v) is 8.45. The summed E-state index contributed by atoms with van der Waals surface area (Å²) in [5.41, 5.74) is 5.40. The molecule has 0 aromatic carbocycles. The molecule has 1 aromatic heterocycles. The minimum Gasteiger partial charge on any atom is -0.370 e. The van der Waals surface area contributed by atoms with Gasteiger partial charge < -0.3 is 11.1 Å². The molecule has 4 nitrogen and oxygen atoms in total. The molecule has 14 heavy (non-hydrogen) atoms. The molecular formula is C10H18N4. The molecule has 0 radical (unpaired) electrons. The third kappa shape index (κ3) is 4.77. The number of anilines is 1. The van der Waals surface area contributed by atoms with E-state index in [2.05, 4.69) is 15.3 Å². The Labute approximate surface area is 85.0 Å². The molecule has 0 aliphatic heterocycles. The standard InChI is InChI=1S/C10H18N4/c11-6-3-1-2-4-7-13-10-5-8-12-9-14-10/h5,8-9H,1-4,6-7,11H2,(H,12,13,14). The van der Waals surface area contributed by atoms with Crippen LogP contribution in [0.15, 0.2) is 18.6 Å². The summed E-state index contributed by atoms with van der Waals surface area (Å²) in [7, 11) is 0. The molecule has 1 rings (SSSR count). The van der Waals surface area contributed by atoms with E-state index in [4.69, 9.17) is 5.73 Å². The van der Waals surface area contributed by atoms with Crippen LogP contribution < -0.4 is 11.1 Å². The van der Waals surface area contributed by atoms with Gasteiger partial charge in [0.1, 0.15) is 12.1 Å². The van der Waals surface area contributed by atoms with Crippen molar-refractivity contribution in [3.05, 3.63) is 18.6 Å². The molecule has 0 aliphatic rings. The Morgan fingerprint density at radius 3 is 2.79 bits per heavy atom. The third-order valence-electron chi connectivity index (χ3n) is 2.02. The van der Waals surface area contributed by atoms with Gasteiger partial charge >= 0.3 is 0 Å². The molecule has 3 N–H and O–H groups in total. The number of nitrogens with one attached hydrogen (secondary N) is 1. The second kappa shape index (κ2) is 7.26. The van der Waals surface area contributed by atoms with Crippen LogP contribution in [-0.2, 0) is 0 Å². The van der Waals surface area contributed by atoms with Gasteiger partial charge in [0.15, 0.2) is 0 Å². The number of nitrogens with two attached hydrogens (primary N) is 1. The topological polar surface area (TPSA) is 63.8 Å². The fourth-order valence-electron chi connectivity index (χ4n) is 1.23. The molecule has 0 amide bonds. The largest absolute Gasteiger partial charge is 0.370 e. The first kappa shape index (κ1) is 10.9. The fourth-order valence-corrected chi connectivity index (χ4v) is 1.23. The molecule has 0 unspecified atom stereocenters. The Bertz CT molecular complexity index is 225. The molecule has 1 heterocycles. The average Bonchev–Trinajstić information content (AvgIpc) is 2.25. The Morgan fingerprint density at radius 1 is 1.21 bits per heavy atom. The van der Waals surface area contributed by atoms with Gasteiger partial charge in [-0.15, -0.1) is 0 Å². The predicted molar refractivity (Wildman–Crippen MR) is 58.0 cm³/mol. The number of hydrogen-bond acceptors (Lipinski definition) is 4. The van der Waals surface area contributed by atoms with E-state index in [1.807, 2.05) is 6.07 Å². The van der Waals surface area contributed by atoms with Gasteiger partial charge in [-0.3, -0.25) is 0 Å². The lowest BCUT2D eigenvalue weighted by molar-refractivity contribution is 0.661. The summed E-state index contributed by atoms with van der Waals surface area (Å²) < 4.78 is 0. The Kier molecular flexibility index (Phi) is 5.66. The molecular weight excluding hydrogens is 176 g/mol. The maximum absolute atomic E-state index is 5.40. The van der Waals surface area contributed by atoms with Gasteiger partial charge in [-0.25, -0.2) is 9.97 Å². The van der Waals surface area contributed by atoms with Gasteiger partial charge in [0, 0.05) is 12.7 Å². The molecule has 0 saturated heterocycles. The van der Waals surface area contributed by atoms with Gasteiger partial charge in [-0.1, -0.05) is 12.8 Å². The first-order valence-corrected chi connectivity index (χ1v) is 5.13. The minimum absolute atomic E-state index is 0.805. The first-order chi connectivity index (χ1) is 6.93. The fraction of sp³-hybridized carbons (Fsp3) is 0.600. The lowest BCUT2D eigenvalue weighted by Gasteiger charge is -2.03. The van der Waals surface area contributed by atoms with Gasteiger partial charge in [0.05, 0.1) is 0 Å². The molecule has 0 fully saturated rings. The monoisotopic (exact) mass is 194 g/mol. The Balaban J connectivity index is 1.99. The van der Waals surface area contributed by atoms with Crippen LogP contribution in [0.3, 0.4) is 0 Å². The second-order valence-electron chi connectivity index (χ2n) is 3.22. The van der Waals surface area contributed by atoms with Crippen LogP contribution >= 0.6 is 0 Å². The summed E-state index contributed by atoms with van der Waals surface area (Å²) >= 11 is 0. The highest BCUT2D eigenvalue weighted by Crippen LogP contribution is 2.01. The zero-order valence-electron chi connectivity index (χ0n) is 8.45. The highest BCUT2D eigenvalue weighted by Gasteiger charge is 1.91. The zero-order chi connectivity index (χ0) is 10.1. The summed E-state index contributed by atoms with van der Waals surface area (Å²) in [6.45, 7) is 1.78. The number of aromatic nitrogens is 2. The Morgan fingerprint density at radius 2 is 2.07 bits per heavy atom. The van der Waals surface area contributed by atoms with Crippen LogP contribution in [0, 0.1) is 0 Å². The van der Waals surface area contributed by atoms with Crippen LogP contribution in [-0.4, -0.2) is 23.1 Å². The van der Waals surface area contributed by atoms with Crippen molar-refractivity contribution in [3.63, 3.8) is 0 Å². The molecule has 0 atom stereocenters.